The van der Waals surface area contributed by atoms with Gasteiger partial charge >= 0.3 is 0 Å². The van der Waals surface area contributed by atoms with Crippen LogP contribution in [0.25, 0.3) is 0 Å². The molecule has 0 aromatic rings. The molecule has 2 saturated carbocycles. The average Bonchev–Trinajstić information content (AvgIpc) is 3.66. The van der Waals surface area contributed by atoms with E-state index in [1.165, 1.54) is 0 Å². The molecule has 0 bridgehead atoms. The molecule has 0 aromatic carbocycles. The minimum absolute atomic E-state index is 0.0118. The lowest BCUT2D eigenvalue weighted by Gasteiger charge is -2.47. The van der Waals surface area contributed by atoms with E-state index < -0.39 is 233 Å². The van der Waals surface area contributed by atoms with Gasteiger partial charge in [-0.1, -0.05) is 21.6 Å². The molecule has 38 heteroatoms. The fraction of sp³-hybridized carbons (Fsp3) is 1.00. The van der Waals surface area contributed by atoms with Crippen molar-refractivity contribution >= 4 is 21.6 Å². The van der Waals surface area contributed by atoms with Crippen molar-refractivity contribution in [2.45, 2.75) is 245 Å². The fourth-order valence-corrected chi connectivity index (χ4v) is 14.1. The molecule has 38 atom stereocenters. The minimum Gasteiger partial charge on any atom is -0.389 e. The average molecular weight is 1260 g/mol. The summed E-state index contributed by atoms with van der Waals surface area (Å²) in [5.41, 5.74) is 74.0. The van der Waals surface area contributed by atoms with Crippen LogP contribution >= 0.6 is 21.6 Å². The van der Waals surface area contributed by atoms with Crippen LogP contribution in [0.5, 0.6) is 0 Å². The predicted molar refractivity (Wildman–Crippen MR) is 287 cm³/mol. The van der Waals surface area contributed by atoms with Crippen molar-refractivity contribution < 1.29 is 118 Å². The van der Waals surface area contributed by atoms with E-state index in [-0.39, 0.29) is 50.5 Å². The molecule has 0 aromatic heterocycles. The number of ether oxygens (including phenoxy) is 12. The zero-order valence-electron chi connectivity index (χ0n) is 45.6. The highest BCUT2D eigenvalue weighted by Crippen LogP contribution is 2.40. The third kappa shape index (κ3) is 14.5. The minimum atomic E-state index is -1.76. The van der Waals surface area contributed by atoms with Gasteiger partial charge in [-0.05, 0) is 12.8 Å². The van der Waals surface area contributed by atoms with E-state index in [0.29, 0.717) is 0 Å². The maximum Gasteiger partial charge on any atom is 0.187 e. The van der Waals surface area contributed by atoms with Crippen molar-refractivity contribution in [3.05, 3.63) is 0 Å². The van der Waals surface area contributed by atoms with Gasteiger partial charge in [0.25, 0.3) is 0 Å². The number of rotatable bonds is 21. The Bertz CT molecular complexity index is 1910. The van der Waals surface area contributed by atoms with E-state index in [4.69, 9.17) is 126 Å². The Morgan fingerprint density at radius 1 is 0.274 bits per heavy atom. The third-order valence-electron chi connectivity index (χ3n) is 16.9. The number of hydrogen-bond donors (Lipinski definition) is 24. The summed E-state index contributed by atoms with van der Waals surface area (Å²) in [7, 11) is 2.20. The van der Waals surface area contributed by atoms with Crippen molar-refractivity contribution in [2.75, 3.05) is 37.7 Å². The molecule has 0 amide bonds. The van der Waals surface area contributed by atoms with Crippen LogP contribution in [0.1, 0.15) is 12.8 Å². The highest BCUT2D eigenvalue weighted by Gasteiger charge is 2.58. The first-order valence-electron chi connectivity index (χ1n) is 27.9. The molecule has 8 rings (SSSR count). The quantitative estimate of drug-likeness (QED) is 0.0375. The van der Waals surface area contributed by atoms with Gasteiger partial charge in [-0.3, -0.25) is 0 Å². The summed E-state index contributed by atoms with van der Waals surface area (Å²) >= 11 is 0. The number of nitrogens with two attached hydrogens (primary N) is 12. The first-order chi connectivity index (χ1) is 39.8. The smallest absolute Gasteiger partial charge is 0.187 e. The maximum atomic E-state index is 12.1. The van der Waals surface area contributed by atoms with E-state index in [0.717, 1.165) is 21.6 Å². The molecular formula is C46H90N12O24S2. The summed E-state index contributed by atoms with van der Waals surface area (Å²) in [6, 6.07) is -9.44. The Hall–Kier alpha value is -0.740. The van der Waals surface area contributed by atoms with Crippen LogP contribution in [0.2, 0.25) is 0 Å². The molecule has 6 saturated heterocycles. The molecular weight excluding hydrogens is 1170 g/mol. The van der Waals surface area contributed by atoms with Crippen molar-refractivity contribution in [2.24, 2.45) is 68.8 Å². The lowest BCUT2D eigenvalue weighted by molar-refractivity contribution is -0.306. The molecule has 490 valence electrons. The van der Waals surface area contributed by atoms with Crippen LogP contribution in [0.3, 0.4) is 0 Å². The molecule has 0 radical (unpaired) electrons. The molecule has 8 fully saturated rings. The summed E-state index contributed by atoms with van der Waals surface area (Å²) in [5, 5.41) is 133. The lowest BCUT2D eigenvalue weighted by atomic mass is 9.84. The normalized spacial score (nSPS) is 54.0. The van der Waals surface area contributed by atoms with Gasteiger partial charge in [0, 0.05) is 61.9 Å². The zero-order chi connectivity index (χ0) is 61.5. The Morgan fingerprint density at radius 2 is 0.512 bits per heavy atom. The van der Waals surface area contributed by atoms with Gasteiger partial charge in [0.15, 0.2) is 37.7 Å². The van der Waals surface area contributed by atoms with Crippen LogP contribution in [-0.4, -0.2) is 332 Å². The van der Waals surface area contributed by atoms with Crippen molar-refractivity contribution in [3.8, 4) is 0 Å². The first-order valence-corrected chi connectivity index (χ1v) is 30.4. The summed E-state index contributed by atoms with van der Waals surface area (Å²) in [5.74, 6) is -0.190. The van der Waals surface area contributed by atoms with Crippen LogP contribution < -0.4 is 68.8 Å². The van der Waals surface area contributed by atoms with Gasteiger partial charge in [0.1, 0.15) is 122 Å². The van der Waals surface area contributed by atoms with Crippen LogP contribution in [0, 0.1) is 0 Å². The van der Waals surface area contributed by atoms with E-state index in [1.54, 1.807) is 0 Å². The molecule has 0 spiro atoms. The topological polar surface area (TPSA) is 666 Å². The molecule has 36 N–H and O–H groups in total. The summed E-state index contributed by atoms with van der Waals surface area (Å²) in [6.07, 6.45) is -43.5. The number of hydrogen-bond acceptors (Lipinski definition) is 38. The molecule has 0 unspecified atom stereocenters. The second-order valence-electron chi connectivity index (χ2n) is 22.7. The Kier molecular flexibility index (Phi) is 24.4. The zero-order valence-corrected chi connectivity index (χ0v) is 47.2. The molecule has 6 aliphatic heterocycles. The highest BCUT2D eigenvalue weighted by molar-refractivity contribution is 8.76. The molecule has 84 heavy (non-hydrogen) atoms. The van der Waals surface area contributed by atoms with Gasteiger partial charge in [-0.25, -0.2) is 0 Å². The van der Waals surface area contributed by atoms with E-state index in [1.807, 2.05) is 0 Å². The summed E-state index contributed by atoms with van der Waals surface area (Å²) in [4.78, 5) is 0. The van der Waals surface area contributed by atoms with Gasteiger partial charge < -0.3 is 187 Å². The Morgan fingerprint density at radius 3 is 0.774 bits per heavy atom. The van der Waals surface area contributed by atoms with Crippen LogP contribution in [-0.2, 0) is 56.8 Å². The van der Waals surface area contributed by atoms with Gasteiger partial charge in [-0.2, -0.15) is 0 Å². The standard InChI is InChI=1S/C46H90N12O24S2/c47-3-13-25(61)29(65)19(55)41(71-13)77-35-11(53)1-9(51)23(59)39(35)81-45-33(69)37(79-43-21(57)31(67)27(63)15(5-49)73-43)17(75-45)7-83-84-8-18-38(80-44-22(58)32(68)28(64)16(6-50)74-44)34(70)46(76-18)82-40-24(60)10(52)2-12(54)36(40)78-42-20(56)30(66)26(62)14(4-48)72-42/h9-46,59-70H,1-8,47-58H2/t9-,10-,11+,12+,13-,14-,15+,16+,17-,18-,19-,20-,21-,22-,23+,24+,25-,26-,27-,28-,29-,30-,31-,32-,33-,34-,35-,36-,37-,38-,39-,40-,41-,42-,43-,44-,45+,46+/m1/s1. The number of aliphatic hydroxyl groups is 12. The monoisotopic (exact) mass is 1260 g/mol. The van der Waals surface area contributed by atoms with Crippen LogP contribution in [0.15, 0.2) is 0 Å². The Balaban J connectivity index is 1.01. The van der Waals surface area contributed by atoms with Crippen LogP contribution in [0.4, 0.5) is 0 Å². The fourth-order valence-electron chi connectivity index (χ4n) is 11.7. The van der Waals surface area contributed by atoms with E-state index >= 15 is 0 Å². The molecule has 6 heterocycles. The predicted octanol–water partition coefficient (Wildman–Crippen LogP) is -15.4. The first kappa shape index (κ1) is 69.2. The SMILES string of the molecule is NC[C@@H]1O[C@H](O[C@H]2[C@@H](O)[C@H](O[C@@H]3[C@@H](O)[C@H](N)C[C@H](N)[C@H]3O[C@H]3O[C@H](CN)[C@@H](O)[C@H](O)[C@H]3N)O[C@@H]2CSSC[C@H]2O[C@@H](O[C@@H]3[C@@H](O)[C@H](N)C[C@H](N)[C@H]3O[C@H]3O[C@H](CN)[C@@H](O)[C@H](O)[C@H]3N)[C@H](O)[C@@H]2O[C@H]2O[C@@H](CN)[C@@H](O)[C@H](O)[C@H]2N)[C@H](N)[C@@H](O)[C@@H]1O. The van der Waals surface area contributed by atoms with Crippen molar-refractivity contribution in [1.82, 2.24) is 0 Å². The summed E-state index contributed by atoms with van der Waals surface area (Å²) in [6.45, 7) is -1.02. The highest BCUT2D eigenvalue weighted by atomic mass is 33.1. The van der Waals surface area contributed by atoms with Crippen molar-refractivity contribution in [1.29, 1.82) is 0 Å². The third-order valence-corrected chi connectivity index (χ3v) is 19.3. The van der Waals surface area contributed by atoms with E-state index in [9.17, 15) is 61.3 Å². The maximum absolute atomic E-state index is 12.1. The Labute approximate surface area is 490 Å². The lowest BCUT2D eigenvalue weighted by Crippen LogP contribution is -2.68. The number of aliphatic hydroxyl groups excluding tert-OH is 12. The van der Waals surface area contributed by atoms with E-state index in [2.05, 4.69) is 0 Å². The molecule has 36 nitrogen and oxygen atoms in total. The second-order valence-corrected chi connectivity index (χ2v) is 25.2. The van der Waals surface area contributed by atoms with Gasteiger partial charge in [-0.15, -0.1) is 0 Å². The van der Waals surface area contributed by atoms with Gasteiger partial charge in [0.05, 0.1) is 48.6 Å². The molecule has 2 aliphatic carbocycles. The molecule has 8 aliphatic rings. The second kappa shape index (κ2) is 29.7. The van der Waals surface area contributed by atoms with Crippen molar-refractivity contribution in [3.63, 3.8) is 0 Å². The largest absolute Gasteiger partial charge is 0.389 e. The van der Waals surface area contributed by atoms with Gasteiger partial charge in [0.2, 0.25) is 0 Å². The summed E-state index contributed by atoms with van der Waals surface area (Å²) < 4.78 is 73.5.